The van der Waals surface area contributed by atoms with Crippen LogP contribution in [0.3, 0.4) is 0 Å². The molecule has 1 atom stereocenters. The second-order valence-electron chi connectivity index (χ2n) is 3.80. The average Bonchev–Trinajstić information content (AvgIpc) is 2.26. The fraction of sp³-hybridized carbons (Fsp3) is 0.417. The van der Waals surface area contributed by atoms with Gasteiger partial charge in [-0.15, -0.1) is 0 Å². The van der Waals surface area contributed by atoms with Crippen LogP contribution in [-0.4, -0.2) is 18.6 Å². The molecule has 0 amide bonds. The number of anilines is 1. The second-order valence-corrected chi connectivity index (χ2v) is 4.66. The van der Waals surface area contributed by atoms with Gasteiger partial charge in [0.15, 0.2) is 0 Å². The second kappa shape index (κ2) is 6.68. The van der Waals surface area contributed by atoms with E-state index in [0.717, 1.165) is 6.07 Å². The molecule has 0 heterocycles. The van der Waals surface area contributed by atoms with Crippen LogP contribution >= 0.6 is 15.9 Å². The van der Waals surface area contributed by atoms with E-state index in [9.17, 15) is 13.6 Å². The Hall–Kier alpha value is -1.17. The lowest BCUT2D eigenvalue weighted by Crippen LogP contribution is -2.21. The summed E-state index contributed by atoms with van der Waals surface area (Å²) in [6, 6.07) is 1.77. The standard InChI is InChI=1S/C12H14BrF2NO2/c1-3-18-12(17)4-7(2)16-11-5-8(13)9(14)6-10(11)15/h5-7,16H,3-4H2,1-2H3. The maximum atomic E-state index is 13.4. The average molecular weight is 322 g/mol. The molecule has 1 rings (SSSR count). The van der Waals surface area contributed by atoms with E-state index in [-0.39, 0.29) is 28.6 Å². The predicted molar refractivity (Wildman–Crippen MR) is 68.4 cm³/mol. The SMILES string of the molecule is CCOC(=O)CC(C)Nc1cc(Br)c(F)cc1F. The lowest BCUT2D eigenvalue weighted by Gasteiger charge is -2.15. The van der Waals surface area contributed by atoms with Crippen molar-refractivity contribution in [3.8, 4) is 0 Å². The van der Waals surface area contributed by atoms with Crippen LogP contribution < -0.4 is 5.32 Å². The van der Waals surface area contributed by atoms with Gasteiger partial charge in [-0.2, -0.15) is 0 Å². The van der Waals surface area contributed by atoms with Gasteiger partial charge in [-0.3, -0.25) is 4.79 Å². The minimum atomic E-state index is -0.702. The molecule has 0 fully saturated rings. The molecule has 0 bridgehead atoms. The van der Waals surface area contributed by atoms with Gasteiger partial charge in [-0.1, -0.05) is 0 Å². The Kier molecular flexibility index (Phi) is 5.53. The Bertz CT molecular complexity index is 440. The van der Waals surface area contributed by atoms with E-state index in [2.05, 4.69) is 21.2 Å². The lowest BCUT2D eigenvalue weighted by atomic mass is 10.2. The van der Waals surface area contributed by atoms with Gasteiger partial charge in [0.2, 0.25) is 0 Å². The summed E-state index contributed by atoms with van der Waals surface area (Å²) in [4.78, 5) is 11.2. The third-order valence-electron chi connectivity index (χ3n) is 2.19. The number of esters is 1. The number of nitrogens with one attached hydrogen (secondary N) is 1. The summed E-state index contributed by atoms with van der Waals surface area (Å²) < 4.78 is 31.4. The number of ether oxygens (including phenoxy) is 1. The molecule has 100 valence electrons. The molecule has 0 saturated heterocycles. The minimum absolute atomic E-state index is 0.113. The van der Waals surface area contributed by atoms with Crippen LogP contribution in [0, 0.1) is 11.6 Å². The first-order valence-corrected chi connectivity index (χ1v) is 6.30. The molecule has 0 aliphatic heterocycles. The zero-order chi connectivity index (χ0) is 13.7. The highest BCUT2D eigenvalue weighted by Crippen LogP contribution is 2.24. The van der Waals surface area contributed by atoms with Crippen molar-refractivity contribution >= 4 is 27.6 Å². The molecule has 6 heteroatoms. The monoisotopic (exact) mass is 321 g/mol. The number of hydrogen-bond acceptors (Lipinski definition) is 3. The highest BCUT2D eigenvalue weighted by molar-refractivity contribution is 9.10. The van der Waals surface area contributed by atoms with Crippen molar-refractivity contribution in [1.29, 1.82) is 0 Å². The van der Waals surface area contributed by atoms with Crippen molar-refractivity contribution < 1.29 is 18.3 Å². The highest BCUT2D eigenvalue weighted by Gasteiger charge is 2.13. The Balaban J connectivity index is 2.67. The van der Waals surface area contributed by atoms with Gasteiger partial charge in [0.25, 0.3) is 0 Å². The molecule has 0 spiro atoms. The van der Waals surface area contributed by atoms with Crippen LogP contribution in [0.25, 0.3) is 0 Å². The number of carbonyl (C=O) groups is 1. The zero-order valence-electron chi connectivity index (χ0n) is 10.1. The van der Waals surface area contributed by atoms with Crippen molar-refractivity contribution in [1.82, 2.24) is 0 Å². The summed E-state index contributed by atoms with van der Waals surface area (Å²) in [5, 5.41) is 2.80. The molecule has 3 nitrogen and oxygen atoms in total. The van der Waals surface area contributed by atoms with Crippen LogP contribution in [0.15, 0.2) is 16.6 Å². The van der Waals surface area contributed by atoms with Gasteiger partial charge in [0.1, 0.15) is 11.6 Å². The predicted octanol–water partition coefficient (Wildman–Crippen LogP) is 3.48. The van der Waals surface area contributed by atoms with E-state index in [1.165, 1.54) is 6.07 Å². The Morgan fingerprint density at radius 3 is 2.72 bits per heavy atom. The first kappa shape index (κ1) is 14.9. The Labute approximate surface area is 113 Å². The van der Waals surface area contributed by atoms with E-state index in [4.69, 9.17) is 4.74 Å². The number of hydrogen-bond donors (Lipinski definition) is 1. The lowest BCUT2D eigenvalue weighted by molar-refractivity contribution is -0.143. The summed E-state index contributed by atoms with van der Waals surface area (Å²) in [6.45, 7) is 3.74. The molecule has 0 aromatic heterocycles. The normalized spacial score (nSPS) is 12.1. The van der Waals surface area contributed by atoms with Gasteiger partial charge in [-0.25, -0.2) is 8.78 Å². The van der Waals surface area contributed by atoms with E-state index in [0.29, 0.717) is 6.61 Å². The fourth-order valence-corrected chi connectivity index (χ4v) is 1.76. The van der Waals surface area contributed by atoms with Crippen LogP contribution in [-0.2, 0) is 9.53 Å². The van der Waals surface area contributed by atoms with Crippen LogP contribution in [0.2, 0.25) is 0 Å². The van der Waals surface area contributed by atoms with E-state index >= 15 is 0 Å². The van der Waals surface area contributed by atoms with Crippen LogP contribution in [0.1, 0.15) is 20.3 Å². The van der Waals surface area contributed by atoms with Gasteiger partial charge in [0, 0.05) is 12.1 Å². The summed E-state index contributed by atoms with van der Waals surface area (Å²) in [5.74, 6) is -1.73. The molecular weight excluding hydrogens is 308 g/mol. The largest absolute Gasteiger partial charge is 0.466 e. The van der Waals surface area contributed by atoms with Crippen molar-refractivity contribution in [2.75, 3.05) is 11.9 Å². The molecule has 18 heavy (non-hydrogen) atoms. The molecule has 1 aromatic carbocycles. The maximum absolute atomic E-state index is 13.4. The molecule has 1 unspecified atom stereocenters. The number of benzene rings is 1. The Morgan fingerprint density at radius 2 is 2.11 bits per heavy atom. The third-order valence-corrected chi connectivity index (χ3v) is 2.80. The van der Waals surface area contributed by atoms with Crippen molar-refractivity contribution in [2.45, 2.75) is 26.3 Å². The van der Waals surface area contributed by atoms with Gasteiger partial charge in [-0.05, 0) is 35.8 Å². The molecule has 0 saturated carbocycles. The zero-order valence-corrected chi connectivity index (χ0v) is 11.7. The van der Waals surface area contributed by atoms with Crippen molar-refractivity contribution in [3.05, 3.63) is 28.2 Å². The molecule has 1 N–H and O–H groups in total. The van der Waals surface area contributed by atoms with E-state index < -0.39 is 11.6 Å². The molecule has 0 aliphatic rings. The number of rotatable bonds is 5. The summed E-state index contributed by atoms with van der Waals surface area (Å²) in [7, 11) is 0. The quantitative estimate of drug-likeness (QED) is 0.666. The van der Waals surface area contributed by atoms with Crippen molar-refractivity contribution in [3.63, 3.8) is 0 Å². The van der Waals surface area contributed by atoms with Gasteiger partial charge in [0.05, 0.1) is 23.2 Å². The first-order chi connectivity index (χ1) is 8.43. The summed E-state index contributed by atoms with van der Waals surface area (Å²) in [6.07, 6.45) is 0.113. The highest BCUT2D eigenvalue weighted by atomic mass is 79.9. The summed E-state index contributed by atoms with van der Waals surface area (Å²) >= 11 is 2.97. The van der Waals surface area contributed by atoms with E-state index in [1.54, 1.807) is 13.8 Å². The summed E-state index contributed by atoms with van der Waals surface area (Å²) in [5.41, 5.74) is 0.139. The minimum Gasteiger partial charge on any atom is -0.466 e. The fourth-order valence-electron chi connectivity index (χ4n) is 1.42. The molecular formula is C12H14BrF2NO2. The topological polar surface area (TPSA) is 38.3 Å². The molecule has 1 aromatic rings. The first-order valence-electron chi connectivity index (χ1n) is 5.50. The van der Waals surface area contributed by atoms with Gasteiger partial charge >= 0.3 is 5.97 Å². The van der Waals surface area contributed by atoms with Crippen molar-refractivity contribution in [2.24, 2.45) is 0 Å². The smallest absolute Gasteiger partial charge is 0.307 e. The number of carbonyl (C=O) groups excluding carboxylic acids is 1. The maximum Gasteiger partial charge on any atom is 0.307 e. The van der Waals surface area contributed by atoms with Crippen LogP contribution in [0.5, 0.6) is 0 Å². The van der Waals surface area contributed by atoms with E-state index in [1.807, 2.05) is 0 Å². The molecule has 0 radical (unpaired) electrons. The number of halogens is 3. The Morgan fingerprint density at radius 1 is 1.44 bits per heavy atom. The molecule has 0 aliphatic carbocycles. The van der Waals surface area contributed by atoms with Gasteiger partial charge < -0.3 is 10.1 Å². The van der Waals surface area contributed by atoms with Crippen LogP contribution in [0.4, 0.5) is 14.5 Å². The third kappa shape index (κ3) is 4.25.